The SMILES string of the molecule is CCOc1ccccc1NC(=O)C1CN(C(=O)c2cnccn2)C1. The number of ether oxygens (including phenoxy) is 1. The molecular formula is C17H18N4O3. The van der Waals surface area contributed by atoms with Gasteiger partial charge in [-0.05, 0) is 19.1 Å². The van der Waals surface area contributed by atoms with Gasteiger partial charge < -0.3 is 15.0 Å². The summed E-state index contributed by atoms with van der Waals surface area (Å²) in [7, 11) is 0. The van der Waals surface area contributed by atoms with E-state index in [1.807, 2.05) is 25.1 Å². The Morgan fingerprint density at radius 2 is 2.08 bits per heavy atom. The van der Waals surface area contributed by atoms with Gasteiger partial charge in [-0.25, -0.2) is 4.98 Å². The minimum Gasteiger partial charge on any atom is -0.492 e. The molecule has 1 aromatic carbocycles. The minimum absolute atomic E-state index is 0.120. The number of aromatic nitrogens is 2. The van der Waals surface area contributed by atoms with Crippen molar-refractivity contribution >= 4 is 17.5 Å². The molecule has 2 amide bonds. The van der Waals surface area contributed by atoms with Crippen LogP contribution in [-0.2, 0) is 4.79 Å². The highest BCUT2D eigenvalue weighted by Crippen LogP contribution is 2.26. The smallest absolute Gasteiger partial charge is 0.274 e. The molecule has 7 heteroatoms. The normalized spacial score (nSPS) is 14.0. The summed E-state index contributed by atoms with van der Waals surface area (Å²) in [4.78, 5) is 33.9. The first-order valence-electron chi connectivity index (χ1n) is 7.77. The molecule has 7 nitrogen and oxygen atoms in total. The lowest BCUT2D eigenvalue weighted by Gasteiger charge is -2.37. The van der Waals surface area contributed by atoms with Crippen molar-refractivity contribution in [1.82, 2.24) is 14.9 Å². The number of anilines is 1. The number of amides is 2. The summed E-state index contributed by atoms with van der Waals surface area (Å²) in [6.07, 6.45) is 4.41. The summed E-state index contributed by atoms with van der Waals surface area (Å²) in [6.45, 7) is 3.16. The molecule has 0 radical (unpaired) electrons. The lowest BCUT2D eigenvalue weighted by molar-refractivity contribution is -0.123. The molecule has 0 atom stereocenters. The van der Waals surface area contributed by atoms with E-state index in [9.17, 15) is 9.59 Å². The third-order valence-corrected chi connectivity index (χ3v) is 3.77. The van der Waals surface area contributed by atoms with E-state index in [1.165, 1.54) is 18.6 Å². The highest BCUT2D eigenvalue weighted by atomic mass is 16.5. The highest BCUT2D eigenvalue weighted by Gasteiger charge is 2.36. The Hall–Kier alpha value is -2.96. The fourth-order valence-electron chi connectivity index (χ4n) is 2.47. The van der Waals surface area contributed by atoms with Gasteiger partial charge in [0.05, 0.1) is 24.4 Å². The van der Waals surface area contributed by atoms with Gasteiger partial charge in [-0.1, -0.05) is 12.1 Å². The monoisotopic (exact) mass is 326 g/mol. The number of nitrogens with one attached hydrogen (secondary N) is 1. The van der Waals surface area contributed by atoms with Crippen molar-refractivity contribution in [3.8, 4) is 5.75 Å². The van der Waals surface area contributed by atoms with Gasteiger partial charge in [0.1, 0.15) is 11.4 Å². The van der Waals surface area contributed by atoms with E-state index >= 15 is 0 Å². The lowest BCUT2D eigenvalue weighted by Crippen LogP contribution is -2.54. The molecule has 0 bridgehead atoms. The number of benzene rings is 1. The Kier molecular flexibility index (Phi) is 4.69. The van der Waals surface area contributed by atoms with Crippen LogP contribution >= 0.6 is 0 Å². The second-order valence-electron chi connectivity index (χ2n) is 5.42. The van der Waals surface area contributed by atoms with Gasteiger partial charge in [-0.3, -0.25) is 14.6 Å². The zero-order valence-electron chi connectivity index (χ0n) is 13.3. The summed E-state index contributed by atoms with van der Waals surface area (Å²) < 4.78 is 5.49. The fraction of sp³-hybridized carbons (Fsp3) is 0.294. The Morgan fingerprint density at radius 1 is 1.29 bits per heavy atom. The molecule has 124 valence electrons. The van der Waals surface area contributed by atoms with Gasteiger partial charge in [-0.15, -0.1) is 0 Å². The van der Waals surface area contributed by atoms with Crippen LogP contribution in [0.15, 0.2) is 42.9 Å². The number of hydrogen-bond donors (Lipinski definition) is 1. The molecule has 2 aromatic rings. The van der Waals surface area contributed by atoms with Crippen molar-refractivity contribution in [2.75, 3.05) is 25.0 Å². The highest BCUT2D eigenvalue weighted by molar-refractivity contribution is 5.98. The van der Waals surface area contributed by atoms with Crippen LogP contribution in [0.3, 0.4) is 0 Å². The third kappa shape index (κ3) is 3.34. The maximum Gasteiger partial charge on any atom is 0.274 e. The van der Waals surface area contributed by atoms with Crippen LogP contribution in [0.4, 0.5) is 5.69 Å². The lowest BCUT2D eigenvalue weighted by atomic mass is 9.98. The van der Waals surface area contributed by atoms with E-state index in [4.69, 9.17) is 4.74 Å². The predicted octanol–water partition coefficient (Wildman–Crippen LogP) is 1.59. The van der Waals surface area contributed by atoms with Crippen LogP contribution in [-0.4, -0.2) is 46.4 Å². The van der Waals surface area contributed by atoms with Gasteiger partial charge in [0.15, 0.2) is 0 Å². The van der Waals surface area contributed by atoms with E-state index in [1.54, 1.807) is 11.0 Å². The van der Waals surface area contributed by atoms with Crippen molar-refractivity contribution in [1.29, 1.82) is 0 Å². The first-order valence-corrected chi connectivity index (χ1v) is 7.77. The number of nitrogens with zero attached hydrogens (tertiary/aromatic N) is 3. The van der Waals surface area contributed by atoms with Gasteiger partial charge in [-0.2, -0.15) is 0 Å². The van der Waals surface area contributed by atoms with E-state index in [0.717, 1.165) is 0 Å². The van der Waals surface area contributed by atoms with Crippen LogP contribution < -0.4 is 10.1 Å². The van der Waals surface area contributed by atoms with Gasteiger partial charge in [0.25, 0.3) is 5.91 Å². The zero-order valence-corrected chi connectivity index (χ0v) is 13.3. The molecule has 0 aliphatic carbocycles. The largest absolute Gasteiger partial charge is 0.492 e. The molecule has 0 unspecified atom stereocenters. The van der Waals surface area contributed by atoms with Crippen LogP contribution in [0.5, 0.6) is 5.75 Å². The molecule has 1 aliphatic heterocycles. The maximum atomic E-state index is 12.3. The quantitative estimate of drug-likeness (QED) is 0.902. The Labute approximate surface area is 139 Å². The van der Waals surface area contributed by atoms with E-state index < -0.39 is 0 Å². The number of para-hydroxylation sites is 2. The van der Waals surface area contributed by atoms with Gasteiger partial charge >= 0.3 is 0 Å². The van der Waals surface area contributed by atoms with E-state index in [0.29, 0.717) is 31.1 Å². The minimum atomic E-state index is -0.236. The Morgan fingerprint density at radius 3 is 2.79 bits per heavy atom. The molecule has 1 fully saturated rings. The van der Waals surface area contributed by atoms with E-state index in [-0.39, 0.29) is 23.4 Å². The maximum absolute atomic E-state index is 12.3. The first-order chi connectivity index (χ1) is 11.7. The number of carbonyl (C=O) groups is 2. The van der Waals surface area contributed by atoms with Crippen LogP contribution in [0.1, 0.15) is 17.4 Å². The fourth-order valence-corrected chi connectivity index (χ4v) is 2.47. The molecule has 0 spiro atoms. The molecule has 1 N–H and O–H groups in total. The number of carbonyl (C=O) groups excluding carboxylic acids is 2. The number of hydrogen-bond acceptors (Lipinski definition) is 5. The molecule has 1 aliphatic rings. The number of likely N-dealkylation sites (tertiary alicyclic amines) is 1. The summed E-state index contributed by atoms with van der Waals surface area (Å²) in [5.74, 6) is 0.0766. The molecule has 3 rings (SSSR count). The van der Waals surface area contributed by atoms with Crippen molar-refractivity contribution in [2.45, 2.75) is 6.92 Å². The molecule has 1 aromatic heterocycles. The second kappa shape index (κ2) is 7.08. The summed E-state index contributed by atoms with van der Waals surface area (Å²) in [5, 5.41) is 2.87. The summed E-state index contributed by atoms with van der Waals surface area (Å²) >= 11 is 0. The van der Waals surface area contributed by atoms with Crippen molar-refractivity contribution in [3.63, 3.8) is 0 Å². The molecule has 24 heavy (non-hydrogen) atoms. The van der Waals surface area contributed by atoms with Crippen LogP contribution in [0, 0.1) is 5.92 Å². The average molecular weight is 326 g/mol. The summed E-state index contributed by atoms with van der Waals surface area (Å²) in [6, 6.07) is 7.29. The van der Waals surface area contributed by atoms with Gasteiger partial charge in [0.2, 0.25) is 5.91 Å². The standard InChI is InChI=1S/C17H18N4O3/c1-2-24-15-6-4-3-5-13(15)20-16(22)12-10-21(11-12)17(23)14-9-18-7-8-19-14/h3-9,12H,2,10-11H2,1H3,(H,20,22). The van der Waals surface area contributed by atoms with Crippen LogP contribution in [0.25, 0.3) is 0 Å². The zero-order chi connectivity index (χ0) is 16.9. The van der Waals surface area contributed by atoms with Crippen molar-refractivity contribution in [2.24, 2.45) is 5.92 Å². The number of rotatable bonds is 5. The molecule has 2 heterocycles. The Balaban J connectivity index is 1.56. The predicted molar refractivity (Wildman–Crippen MR) is 87.7 cm³/mol. The second-order valence-corrected chi connectivity index (χ2v) is 5.42. The topological polar surface area (TPSA) is 84.4 Å². The molecule has 0 saturated carbocycles. The van der Waals surface area contributed by atoms with Crippen molar-refractivity contribution < 1.29 is 14.3 Å². The third-order valence-electron chi connectivity index (χ3n) is 3.77. The van der Waals surface area contributed by atoms with Gasteiger partial charge in [0, 0.05) is 25.5 Å². The molecule has 1 saturated heterocycles. The average Bonchev–Trinajstić information content (AvgIpc) is 2.56. The first kappa shape index (κ1) is 15.9. The summed E-state index contributed by atoms with van der Waals surface area (Å²) in [5.41, 5.74) is 0.932. The molecular weight excluding hydrogens is 308 g/mol. The Bertz CT molecular complexity index is 730. The van der Waals surface area contributed by atoms with E-state index in [2.05, 4.69) is 15.3 Å². The van der Waals surface area contributed by atoms with Crippen LogP contribution in [0.2, 0.25) is 0 Å². The van der Waals surface area contributed by atoms with Crippen molar-refractivity contribution in [3.05, 3.63) is 48.5 Å².